The van der Waals surface area contributed by atoms with Crippen LogP contribution in [-0.4, -0.2) is 11.6 Å². The molecule has 0 saturated heterocycles. The van der Waals surface area contributed by atoms with Gasteiger partial charge in [-0.3, -0.25) is 0 Å². The average molecular weight is 290 g/mol. The topological polar surface area (TPSA) is 52.3 Å². The molecule has 0 bridgehead atoms. The van der Waals surface area contributed by atoms with Crippen molar-refractivity contribution in [3.63, 3.8) is 0 Å². The van der Waals surface area contributed by atoms with E-state index in [9.17, 15) is 9.18 Å². The van der Waals surface area contributed by atoms with Crippen molar-refractivity contribution < 1.29 is 13.9 Å². The number of rotatable bonds is 1. The van der Waals surface area contributed by atoms with Gasteiger partial charge in [-0.05, 0) is 48.8 Å². The molecular weight excluding hydrogens is 277 g/mol. The fourth-order valence-corrected chi connectivity index (χ4v) is 1.43. The molecule has 0 aromatic heterocycles. The fraction of sp³-hybridized carbons (Fsp3) is 0.364. The summed E-state index contributed by atoms with van der Waals surface area (Å²) in [4.78, 5) is 11.7. The maximum atomic E-state index is 13.7. The molecule has 0 heterocycles. The third-order valence-corrected chi connectivity index (χ3v) is 2.34. The van der Waals surface area contributed by atoms with Crippen molar-refractivity contribution in [2.45, 2.75) is 26.4 Å². The highest BCUT2D eigenvalue weighted by molar-refractivity contribution is 9.10. The first kappa shape index (κ1) is 13.0. The van der Waals surface area contributed by atoms with Crippen molar-refractivity contribution in [2.75, 3.05) is 5.73 Å². The van der Waals surface area contributed by atoms with E-state index in [0.29, 0.717) is 0 Å². The highest BCUT2D eigenvalue weighted by Crippen LogP contribution is 2.26. The molecule has 3 nitrogen and oxygen atoms in total. The van der Waals surface area contributed by atoms with Gasteiger partial charge in [-0.15, -0.1) is 0 Å². The Morgan fingerprint density at radius 3 is 2.50 bits per heavy atom. The van der Waals surface area contributed by atoms with E-state index < -0.39 is 17.4 Å². The molecule has 1 aromatic rings. The van der Waals surface area contributed by atoms with Crippen molar-refractivity contribution >= 4 is 27.6 Å². The predicted molar refractivity (Wildman–Crippen MR) is 63.7 cm³/mol. The number of hydrogen-bond acceptors (Lipinski definition) is 3. The van der Waals surface area contributed by atoms with Crippen LogP contribution in [0.25, 0.3) is 0 Å². The second kappa shape index (κ2) is 4.41. The first-order valence-corrected chi connectivity index (χ1v) is 5.48. The minimum Gasteiger partial charge on any atom is -0.456 e. The summed E-state index contributed by atoms with van der Waals surface area (Å²) >= 11 is 2.99. The van der Waals surface area contributed by atoms with Crippen molar-refractivity contribution in [3.05, 3.63) is 28.0 Å². The number of ether oxygens (including phenoxy) is 1. The lowest BCUT2D eigenvalue weighted by molar-refractivity contribution is 0.00659. The van der Waals surface area contributed by atoms with Crippen LogP contribution in [0.2, 0.25) is 0 Å². The Hall–Kier alpha value is -1.10. The van der Waals surface area contributed by atoms with E-state index in [2.05, 4.69) is 15.9 Å². The number of halogens is 2. The maximum absolute atomic E-state index is 13.7. The van der Waals surface area contributed by atoms with Crippen LogP contribution < -0.4 is 5.73 Å². The number of nitrogens with two attached hydrogens (primary N) is 1. The van der Waals surface area contributed by atoms with Crippen molar-refractivity contribution in [1.82, 2.24) is 0 Å². The quantitative estimate of drug-likeness (QED) is 0.638. The second-order valence-corrected chi connectivity index (χ2v) is 5.18. The van der Waals surface area contributed by atoms with Gasteiger partial charge in [0.1, 0.15) is 11.2 Å². The molecule has 0 atom stereocenters. The van der Waals surface area contributed by atoms with Gasteiger partial charge in [0.2, 0.25) is 0 Å². The third kappa shape index (κ3) is 2.95. The molecule has 1 rings (SSSR count). The monoisotopic (exact) mass is 289 g/mol. The number of benzene rings is 1. The summed E-state index contributed by atoms with van der Waals surface area (Å²) in [6, 6.07) is 2.89. The smallest absolute Gasteiger partial charge is 0.343 e. The first-order valence-electron chi connectivity index (χ1n) is 4.69. The zero-order valence-corrected chi connectivity index (χ0v) is 10.9. The molecule has 0 radical (unpaired) electrons. The van der Waals surface area contributed by atoms with E-state index in [1.807, 2.05) is 0 Å². The predicted octanol–water partition coefficient (Wildman–Crippen LogP) is 3.13. The van der Waals surface area contributed by atoms with E-state index in [-0.39, 0.29) is 15.7 Å². The summed E-state index contributed by atoms with van der Waals surface area (Å²) in [5.41, 5.74) is 4.70. The lowest BCUT2D eigenvalue weighted by Gasteiger charge is -2.20. The van der Waals surface area contributed by atoms with E-state index in [0.717, 1.165) is 0 Å². The third-order valence-electron chi connectivity index (χ3n) is 1.73. The number of carbonyl (C=O) groups is 1. The SMILES string of the molecule is CC(C)(C)OC(=O)c1c(N)ccc(Br)c1F. The zero-order valence-electron chi connectivity index (χ0n) is 9.30. The number of nitrogen functional groups attached to an aromatic ring is 1. The molecule has 0 aliphatic heterocycles. The normalized spacial score (nSPS) is 11.3. The zero-order chi connectivity index (χ0) is 12.5. The Morgan fingerprint density at radius 2 is 2.00 bits per heavy atom. The molecule has 88 valence electrons. The van der Waals surface area contributed by atoms with E-state index >= 15 is 0 Å². The van der Waals surface area contributed by atoms with E-state index in [4.69, 9.17) is 10.5 Å². The minimum absolute atomic E-state index is 0.0648. The van der Waals surface area contributed by atoms with Crippen molar-refractivity contribution in [3.8, 4) is 0 Å². The molecule has 0 spiro atoms. The summed E-state index contributed by atoms with van der Waals surface area (Å²) in [5.74, 6) is -1.46. The largest absolute Gasteiger partial charge is 0.456 e. The van der Waals surface area contributed by atoms with Crippen LogP contribution in [0.15, 0.2) is 16.6 Å². The Labute approximate surface area is 102 Å². The van der Waals surface area contributed by atoms with E-state index in [1.54, 1.807) is 20.8 Å². The molecule has 2 N–H and O–H groups in total. The van der Waals surface area contributed by atoms with Gasteiger partial charge < -0.3 is 10.5 Å². The Kier molecular flexibility index (Phi) is 3.57. The average Bonchev–Trinajstić information content (AvgIpc) is 2.09. The molecule has 0 unspecified atom stereocenters. The molecule has 0 aliphatic carbocycles. The molecule has 0 saturated carbocycles. The summed E-state index contributed by atoms with van der Waals surface area (Å²) in [6.07, 6.45) is 0. The maximum Gasteiger partial charge on any atom is 0.343 e. The van der Waals surface area contributed by atoms with Gasteiger partial charge in [0.15, 0.2) is 5.82 Å². The standard InChI is InChI=1S/C11H13BrFNO2/c1-11(2,3)16-10(15)8-7(14)5-4-6(12)9(8)13/h4-5H,14H2,1-3H3. The van der Waals surface area contributed by atoms with Crippen molar-refractivity contribution in [2.24, 2.45) is 0 Å². The molecule has 0 amide bonds. The number of carbonyl (C=O) groups excluding carboxylic acids is 1. The van der Waals surface area contributed by atoms with Crippen LogP contribution >= 0.6 is 15.9 Å². The van der Waals surface area contributed by atoms with Gasteiger partial charge in [-0.1, -0.05) is 0 Å². The summed E-state index contributed by atoms with van der Waals surface area (Å²) < 4.78 is 18.9. The Morgan fingerprint density at radius 1 is 1.44 bits per heavy atom. The lowest BCUT2D eigenvalue weighted by Crippen LogP contribution is -2.25. The fourth-order valence-electron chi connectivity index (χ4n) is 1.10. The summed E-state index contributed by atoms with van der Waals surface area (Å²) in [6.45, 7) is 5.12. The van der Waals surface area contributed by atoms with Crippen molar-refractivity contribution in [1.29, 1.82) is 0 Å². The van der Waals surface area contributed by atoms with Crippen LogP contribution in [-0.2, 0) is 4.74 Å². The summed E-state index contributed by atoms with van der Waals surface area (Å²) in [5, 5.41) is 0. The van der Waals surface area contributed by atoms with Crippen LogP contribution in [0.5, 0.6) is 0 Å². The van der Waals surface area contributed by atoms with Gasteiger partial charge in [0.05, 0.1) is 4.47 Å². The molecule has 0 aliphatic rings. The lowest BCUT2D eigenvalue weighted by atomic mass is 10.1. The number of anilines is 1. The van der Waals surface area contributed by atoms with E-state index in [1.165, 1.54) is 12.1 Å². The highest BCUT2D eigenvalue weighted by atomic mass is 79.9. The molecule has 0 fully saturated rings. The molecule has 1 aromatic carbocycles. The molecule has 16 heavy (non-hydrogen) atoms. The second-order valence-electron chi connectivity index (χ2n) is 4.33. The Bertz CT molecular complexity index is 427. The number of esters is 1. The minimum atomic E-state index is -0.760. The van der Waals surface area contributed by atoms with Crippen LogP contribution in [0.1, 0.15) is 31.1 Å². The highest BCUT2D eigenvalue weighted by Gasteiger charge is 2.24. The molecule has 5 heteroatoms. The van der Waals surface area contributed by atoms with Gasteiger partial charge in [0, 0.05) is 5.69 Å². The molecular formula is C11H13BrFNO2. The van der Waals surface area contributed by atoms with Crippen LogP contribution in [0.4, 0.5) is 10.1 Å². The number of hydrogen-bond donors (Lipinski definition) is 1. The van der Waals surface area contributed by atoms with Gasteiger partial charge >= 0.3 is 5.97 Å². The Balaban J connectivity index is 3.14. The van der Waals surface area contributed by atoms with Crippen LogP contribution in [0, 0.1) is 5.82 Å². The van der Waals surface area contributed by atoms with Gasteiger partial charge in [-0.2, -0.15) is 0 Å². The first-order chi connectivity index (χ1) is 7.22. The summed E-state index contributed by atoms with van der Waals surface area (Å²) in [7, 11) is 0. The van der Waals surface area contributed by atoms with Crippen LogP contribution in [0.3, 0.4) is 0 Å². The van der Waals surface area contributed by atoms with Gasteiger partial charge in [0.25, 0.3) is 0 Å². The van der Waals surface area contributed by atoms with Gasteiger partial charge in [-0.25, -0.2) is 9.18 Å².